The first-order valence-corrected chi connectivity index (χ1v) is 9.83. The van der Waals surface area contributed by atoms with Gasteiger partial charge in [0.15, 0.2) is 0 Å². The third kappa shape index (κ3) is 4.14. The van der Waals surface area contributed by atoms with E-state index in [0.717, 1.165) is 17.9 Å². The Labute approximate surface area is 130 Å². The number of nitrogens with one attached hydrogen (secondary N) is 1. The third-order valence-electron chi connectivity index (χ3n) is 5.43. The summed E-state index contributed by atoms with van der Waals surface area (Å²) >= 11 is 2.09. The number of rotatable bonds is 8. The monoisotopic (exact) mass is 298 g/mol. The summed E-state index contributed by atoms with van der Waals surface area (Å²) in [5, 5.41) is 3.91. The summed E-state index contributed by atoms with van der Waals surface area (Å²) in [6, 6.07) is 0.749. The van der Waals surface area contributed by atoms with Crippen LogP contribution in [0.15, 0.2) is 0 Å². The minimum atomic E-state index is 0.391. The second kappa shape index (κ2) is 7.51. The van der Waals surface area contributed by atoms with Gasteiger partial charge in [-0.3, -0.25) is 4.90 Å². The Morgan fingerprint density at radius 3 is 2.70 bits per heavy atom. The first-order chi connectivity index (χ1) is 9.60. The second-order valence-corrected chi connectivity index (χ2v) is 8.44. The van der Waals surface area contributed by atoms with E-state index in [1.807, 2.05) is 0 Å². The van der Waals surface area contributed by atoms with Gasteiger partial charge in [-0.1, -0.05) is 27.2 Å². The van der Waals surface area contributed by atoms with Crippen molar-refractivity contribution in [3.63, 3.8) is 0 Å². The molecule has 2 nitrogen and oxygen atoms in total. The smallest absolute Gasteiger partial charge is 0.0309 e. The topological polar surface area (TPSA) is 15.3 Å². The molecule has 1 saturated heterocycles. The maximum absolute atomic E-state index is 3.91. The molecule has 0 aromatic rings. The predicted molar refractivity (Wildman–Crippen MR) is 91.6 cm³/mol. The molecule has 1 N–H and O–H groups in total. The van der Waals surface area contributed by atoms with Crippen LogP contribution in [0.1, 0.15) is 53.4 Å². The van der Waals surface area contributed by atoms with Crippen molar-refractivity contribution in [2.75, 3.05) is 31.1 Å². The molecule has 0 bridgehead atoms. The summed E-state index contributed by atoms with van der Waals surface area (Å²) in [4.78, 5) is 2.82. The SMILES string of the molecule is CCSCCCN1CC(C)(C2CC2)NCC1C(C)CC. The van der Waals surface area contributed by atoms with Crippen molar-refractivity contribution in [3.05, 3.63) is 0 Å². The highest BCUT2D eigenvalue weighted by atomic mass is 32.2. The van der Waals surface area contributed by atoms with Crippen LogP contribution in [0.4, 0.5) is 0 Å². The zero-order valence-electron chi connectivity index (χ0n) is 14.0. The van der Waals surface area contributed by atoms with Gasteiger partial charge in [-0.2, -0.15) is 11.8 Å². The number of hydrogen-bond acceptors (Lipinski definition) is 3. The molecule has 1 aliphatic carbocycles. The molecule has 1 aliphatic heterocycles. The van der Waals surface area contributed by atoms with E-state index in [0.29, 0.717) is 5.54 Å². The lowest BCUT2D eigenvalue weighted by atomic mass is 9.87. The van der Waals surface area contributed by atoms with Gasteiger partial charge in [0, 0.05) is 24.7 Å². The lowest BCUT2D eigenvalue weighted by Gasteiger charge is -2.48. The first kappa shape index (κ1) is 16.6. The summed E-state index contributed by atoms with van der Waals surface area (Å²) in [6.45, 7) is 13.3. The summed E-state index contributed by atoms with van der Waals surface area (Å²) in [5.41, 5.74) is 0.391. The summed E-state index contributed by atoms with van der Waals surface area (Å²) in [6.07, 6.45) is 5.53. The van der Waals surface area contributed by atoms with Crippen LogP contribution in [0.5, 0.6) is 0 Å². The van der Waals surface area contributed by atoms with Crippen molar-refractivity contribution in [2.24, 2.45) is 11.8 Å². The Morgan fingerprint density at radius 1 is 1.35 bits per heavy atom. The maximum atomic E-state index is 3.91. The molecule has 0 spiro atoms. The van der Waals surface area contributed by atoms with E-state index in [1.54, 1.807) is 0 Å². The van der Waals surface area contributed by atoms with Crippen LogP contribution in [-0.4, -0.2) is 47.6 Å². The van der Waals surface area contributed by atoms with Crippen molar-refractivity contribution in [3.8, 4) is 0 Å². The van der Waals surface area contributed by atoms with Crippen molar-refractivity contribution in [1.82, 2.24) is 10.2 Å². The van der Waals surface area contributed by atoms with E-state index >= 15 is 0 Å². The minimum Gasteiger partial charge on any atom is -0.308 e. The molecule has 0 aromatic heterocycles. The maximum Gasteiger partial charge on any atom is 0.0309 e. The zero-order chi connectivity index (χ0) is 14.6. The van der Waals surface area contributed by atoms with Crippen LogP contribution >= 0.6 is 11.8 Å². The number of hydrogen-bond donors (Lipinski definition) is 1. The van der Waals surface area contributed by atoms with Crippen molar-refractivity contribution in [2.45, 2.75) is 65.0 Å². The van der Waals surface area contributed by atoms with E-state index < -0.39 is 0 Å². The molecule has 1 heterocycles. The van der Waals surface area contributed by atoms with Crippen LogP contribution in [0.25, 0.3) is 0 Å². The van der Waals surface area contributed by atoms with Crippen molar-refractivity contribution >= 4 is 11.8 Å². The highest BCUT2D eigenvalue weighted by molar-refractivity contribution is 7.99. The van der Waals surface area contributed by atoms with Gasteiger partial charge in [-0.15, -0.1) is 0 Å². The van der Waals surface area contributed by atoms with Gasteiger partial charge < -0.3 is 5.32 Å². The van der Waals surface area contributed by atoms with Crippen molar-refractivity contribution < 1.29 is 0 Å². The Morgan fingerprint density at radius 2 is 2.10 bits per heavy atom. The Bertz CT molecular complexity index is 293. The predicted octanol–water partition coefficient (Wildman–Crippen LogP) is 3.62. The van der Waals surface area contributed by atoms with Gasteiger partial charge in [0.25, 0.3) is 0 Å². The van der Waals surface area contributed by atoms with Gasteiger partial charge in [0.2, 0.25) is 0 Å². The fraction of sp³-hybridized carbons (Fsp3) is 1.00. The fourth-order valence-electron chi connectivity index (χ4n) is 3.65. The molecule has 0 radical (unpaired) electrons. The molecule has 20 heavy (non-hydrogen) atoms. The van der Waals surface area contributed by atoms with Gasteiger partial charge in [-0.05, 0) is 56.1 Å². The van der Waals surface area contributed by atoms with Crippen LogP contribution in [0, 0.1) is 11.8 Å². The molecule has 2 fully saturated rings. The fourth-order valence-corrected chi connectivity index (χ4v) is 4.27. The highest BCUT2D eigenvalue weighted by Gasteiger charge is 2.46. The largest absolute Gasteiger partial charge is 0.308 e. The number of nitrogens with zero attached hydrogens (tertiary/aromatic N) is 1. The van der Waals surface area contributed by atoms with E-state index in [4.69, 9.17) is 0 Å². The van der Waals surface area contributed by atoms with E-state index in [2.05, 4.69) is 49.7 Å². The second-order valence-electron chi connectivity index (χ2n) is 7.05. The summed E-state index contributed by atoms with van der Waals surface area (Å²) in [5.74, 6) is 4.34. The molecule has 3 unspecified atom stereocenters. The standard InChI is InChI=1S/C17H34N2S/c1-5-14(3)16-12-18-17(4,15-8-9-15)13-19(16)10-7-11-20-6-2/h14-16,18H,5-13H2,1-4H3. The molecular formula is C17H34N2S. The first-order valence-electron chi connectivity index (χ1n) is 8.67. The molecular weight excluding hydrogens is 264 g/mol. The molecule has 3 atom stereocenters. The number of piperazine rings is 1. The van der Waals surface area contributed by atoms with Crippen LogP contribution < -0.4 is 5.32 Å². The normalized spacial score (nSPS) is 33.3. The lowest BCUT2D eigenvalue weighted by molar-refractivity contribution is 0.0479. The van der Waals surface area contributed by atoms with Gasteiger partial charge in [0.1, 0.15) is 0 Å². The average molecular weight is 299 g/mol. The molecule has 3 heteroatoms. The molecule has 2 aliphatic rings. The van der Waals surface area contributed by atoms with E-state index in [-0.39, 0.29) is 0 Å². The molecule has 0 aromatic carbocycles. The number of thioether (sulfide) groups is 1. The van der Waals surface area contributed by atoms with Gasteiger partial charge >= 0.3 is 0 Å². The average Bonchev–Trinajstić information content (AvgIpc) is 3.28. The third-order valence-corrected chi connectivity index (χ3v) is 6.42. The molecule has 1 saturated carbocycles. The van der Waals surface area contributed by atoms with Crippen LogP contribution in [0.2, 0.25) is 0 Å². The van der Waals surface area contributed by atoms with E-state index in [1.165, 1.54) is 56.8 Å². The van der Waals surface area contributed by atoms with Crippen LogP contribution in [0.3, 0.4) is 0 Å². The Kier molecular flexibility index (Phi) is 6.25. The summed E-state index contributed by atoms with van der Waals surface area (Å²) < 4.78 is 0. The Hall–Kier alpha value is 0.270. The zero-order valence-corrected chi connectivity index (χ0v) is 14.8. The van der Waals surface area contributed by atoms with E-state index in [9.17, 15) is 0 Å². The molecule has 0 amide bonds. The highest BCUT2D eigenvalue weighted by Crippen LogP contribution is 2.41. The Balaban J connectivity index is 1.91. The van der Waals surface area contributed by atoms with Gasteiger partial charge in [0.05, 0.1) is 0 Å². The molecule has 2 rings (SSSR count). The lowest BCUT2D eigenvalue weighted by Crippen LogP contribution is -2.65. The molecule has 118 valence electrons. The van der Waals surface area contributed by atoms with Crippen molar-refractivity contribution in [1.29, 1.82) is 0 Å². The van der Waals surface area contributed by atoms with Crippen LogP contribution in [-0.2, 0) is 0 Å². The minimum absolute atomic E-state index is 0.391. The quantitative estimate of drug-likeness (QED) is 0.689. The summed E-state index contributed by atoms with van der Waals surface area (Å²) in [7, 11) is 0. The van der Waals surface area contributed by atoms with Gasteiger partial charge in [-0.25, -0.2) is 0 Å².